The van der Waals surface area contributed by atoms with Crippen molar-refractivity contribution < 1.29 is 9.90 Å². The fourth-order valence-corrected chi connectivity index (χ4v) is 1.39. The molecule has 16 heavy (non-hydrogen) atoms. The Balaban J connectivity index is 2.25. The van der Waals surface area contributed by atoms with Gasteiger partial charge in [0.2, 0.25) is 0 Å². The fraction of sp³-hybridized carbons (Fsp3) is 0.200. The maximum atomic E-state index is 10.8. The van der Waals surface area contributed by atoms with Crippen molar-refractivity contribution in [2.45, 2.75) is 6.42 Å². The number of benzene rings is 1. The third-order valence-electron chi connectivity index (χ3n) is 2.24. The summed E-state index contributed by atoms with van der Waals surface area (Å²) in [5, 5.41) is 19.9. The number of carboxylic acid groups (broad SMARTS) is 1. The molecule has 2 aromatic rings. The Morgan fingerprint density at radius 1 is 1.50 bits per heavy atom. The monoisotopic (exact) mass is 218 g/mol. The molecule has 1 heterocycles. The molecular formula is C10H10N4O2. The second kappa shape index (κ2) is 4.09. The van der Waals surface area contributed by atoms with Crippen LogP contribution >= 0.6 is 0 Å². The van der Waals surface area contributed by atoms with Gasteiger partial charge in [-0.15, -0.1) is 5.10 Å². The van der Waals surface area contributed by atoms with Crippen molar-refractivity contribution in [3.05, 3.63) is 41.2 Å². The van der Waals surface area contributed by atoms with Gasteiger partial charge in [0, 0.05) is 13.5 Å². The summed E-state index contributed by atoms with van der Waals surface area (Å²) in [6.07, 6.45) is 0.518. The largest absolute Gasteiger partial charge is 0.478 e. The molecule has 0 aliphatic heterocycles. The predicted octanol–water partition coefficient (Wildman–Crippen LogP) is 0.499. The fourth-order valence-electron chi connectivity index (χ4n) is 1.39. The van der Waals surface area contributed by atoms with Crippen molar-refractivity contribution >= 4 is 5.97 Å². The molecule has 0 saturated carbocycles. The standard InChI is InChI=1S/C10H10N4O2/c1-14-9(11-12-13-14)6-7-3-2-4-8(5-7)10(15)16/h2-5H,6H2,1H3,(H,15,16). The second-order valence-electron chi connectivity index (χ2n) is 3.40. The highest BCUT2D eigenvalue weighted by molar-refractivity contribution is 5.87. The average Bonchev–Trinajstić information content (AvgIpc) is 2.65. The number of hydrogen-bond donors (Lipinski definition) is 1. The van der Waals surface area contributed by atoms with Crippen molar-refractivity contribution in [2.75, 3.05) is 0 Å². The molecular weight excluding hydrogens is 208 g/mol. The van der Waals surface area contributed by atoms with Gasteiger partial charge in [-0.3, -0.25) is 0 Å². The maximum absolute atomic E-state index is 10.8. The molecule has 0 aliphatic rings. The van der Waals surface area contributed by atoms with E-state index in [0.717, 1.165) is 5.56 Å². The molecule has 0 fully saturated rings. The molecule has 0 radical (unpaired) electrons. The van der Waals surface area contributed by atoms with Crippen molar-refractivity contribution in [3.8, 4) is 0 Å². The SMILES string of the molecule is Cn1nnnc1Cc1cccc(C(=O)O)c1. The number of tetrazole rings is 1. The summed E-state index contributed by atoms with van der Waals surface area (Å²) in [6, 6.07) is 6.74. The van der Waals surface area contributed by atoms with Crippen LogP contribution in [0.15, 0.2) is 24.3 Å². The zero-order chi connectivity index (χ0) is 11.5. The molecule has 0 aliphatic carbocycles. The molecule has 0 amide bonds. The predicted molar refractivity (Wildman–Crippen MR) is 55.0 cm³/mol. The van der Waals surface area contributed by atoms with Crippen molar-refractivity contribution in [1.29, 1.82) is 0 Å². The number of carbonyl (C=O) groups is 1. The zero-order valence-corrected chi connectivity index (χ0v) is 8.66. The minimum Gasteiger partial charge on any atom is -0.478 e. The number of rotatable bonds is 3. The molecule has 0 spiro atoms. The van der Waals surface area contributed by atoms with Crippen LogP contribution < -0.4 is 0 Å². The maximum Gasteiger partial charge on any atom is 0.335 e. The number of nitrogens with zero attached hydrogens (tertiary/aromatic N) is 4. The van der Waals surface area contributed by atoms with Gasteiger partial charge < -0.3 is 5.11 Å². The van der Waals surface area contributed by atoms with Crippen LogP contribution in [-0.2, 0) is 13.5 Å². The van der Waals surface area contributed by atoms with Crippen LogP contribution in [0, 0.1) is 0 Å². The van der Waals surface area contributed by atoms with E-state index in [4.69, 9.17) is 5.11 Å². The molecule has 1 N–H and O–H groups in total. The van der Waals surface area contributed by atoms with Crippen molar-refractivity contribution in [1.82, 2.24) is 20.2 Å². The third kappa shape index (κ3) is 2.05. The molecule has 0 saturated heterocycles. The van der Waals surface area contributed by atoms with Crippen LogP contribution in [0.25, 0.3) is 0 Å². The van der Waals surface area contributed by atoms with Crippen LogP contribution in [0.3, 0.4) is 0 Å². The van der Waals surface area contributed by atoms with Crippen LogP contribution in [0.1, 0.15) is 21.7 Å². The summed E-state index contributed by atoms with van der Waals surface area (Å²) < 4.78 is 1.56. The summed E-state index contributed by atoms with van der Waals surface area (Å²) in [4.78, 5) is 10.8. The van der Waals surface area contributed by atoms with Crippen LogP contribution in [-0.4, -0.2) is 31.3 Å². The van der Waals surface area contributed by atoms with Crippen LogP contribution in [0.2, 0.25) is 0 Å². The first kappa shape index (κ1) is 10.3. The molecule has 6 nitrogen and oxygen atoms in total. The van der Waals surface area contributed by atoms with E-state index in [9.17, 15) is 4.79 Å². The van der Waals surface area contributed by atoms with E-state index >= 15 is 0 Å². The summed E-state index contributed by atoms with van der Waals surface area (Å²) in [6.45, 7) is 0. The second-order valence-corrected chi connectivity index (χ2v) is 3.40. The Kier molecular flexibility index (Phi) is 2.63. The Labute approximate surface area is 91.5 Å². The number of carboxylic acids is 1. The van der Waals surface area contributed by atoms with Gasteiger partial charge >= 0.3 is 5.97 Å². The number of aromatic nitrogens is 4. The van der Waals surface area contributed by atoms with Gasteiger partial charge in [0.05, 0.1) is 5.56 Å². The normalized spacial score (nSPS) is 10.3. The number of aromatic carboxylic acids is 1. The molecule has 6 heteroatoms. The van der Waals surface area contributed by atoms with Crippen molar-refractivity contribution in [3.63, 3.8) is 0 Å². The molecule has 2 rings (SSSR count). The van der Waals surface area contributed by atoms with Gasteiger partial charge in [0.15, 0.2) is 5.82 Å². The number of aryl methyl sites for hydroxylation is 1. The van der Waals surface area contributed by atoms with E-state index < -0.39 is 5.97 Å². The summed E-state index contributed by atoms with van der Waals surface area (Å²) in [5.41, 5.74) is 1.14. The van der Waals surface area contributed by atoms with E-state index in [1.165, 1.54) is 0 Å². The molecule has 0 atom stereocenters. The Morgan fingerprint density at radius 2 is 2.31 bits per heavy atom. The number of hydrogen-bond acceptors (Lipinski definition) is 4. The Bertz CT molecular complexity index is 521. The van der Waals surface area contributed by atoms with Gasteiger partial charge in [-0.25, -0.2) is 9.48 Å². The highest BCUT2D eigenvalue weighted by atomic mass is 16.4. The molecule has 1 aromatic heterocycles. The molecule has 0 bridgehead atoms. The Morgan fingerprint density at radius 3 is 2.94 bits per heavy atom. The highest BCUT2D eigenvalue weighted by Gasteiger charge is 2.06. The summed E-state index contributed by atoms with van der Waals surface area (Å²) in [5.74, 6) is -0.236. The van der Waals surface area contributed by atoms with Crippen LogP contribution in [0.4, 0.5) is 0 Å². The van der Waals surface area contributed by atoms with Crippen molar-refractivity contribution in [2.24, 2.45) is 7.05 Å². The first-order chi connectivity index (χ1) is 7.66. The zero-order valence-electron chi connectivity index (χ0n) is 8.66. The van der Waals surface area contributed by atoms with E-state index in [0.29, 0.717) is 12.2 Å². The van der Waals surface area contributed by atoms with E-state index in [1.807, 2.05) is 6.07 Å². The minimum atomic E-state index is -0.932. The first-order valence-electron chi connectivity index (χ1n) is 4.70. The van der Waals surface area contributed by atoms with Crippen LogP contribution in [0.5, 0.6) is 0 Å². The highest BCUT2D eigenvalue weighted by Crippen LogP contribution is 2.09. The van der Waals surface area contributed by atoms with E-state index in [1.54, 1.807) is 29.9 Å². The lowest BCUT2D eigenvalue weighted by molar-refractivity contribution is 0.0697. The van der Waals surface area contributed by atoms with Gasteiger partial charge in [-0.1, -0.05) is 12.1 Å². The molecule has 0 unspecified atom stereocenters. The Hall–Kier alpha value is -2.24. The molecule has 82 valence electrons. The summed E-state index contributed by atoms with van der Waals surface area (Å²) in [7, 11) is 1.75. The lowest BCUT2D eigenvalue weighted by Gasteiger charge is -2.01. The van der Waals surface area contributed by atoms with Gasteiger partial charge in [0.1, 0.15) is 0 Å². The van der Waals surface area contributed by atoms with Gasteiger partial charge in [-0.2, -0.15) is 0 Å². The van der Waals surface area contributed by atoms with E-state index in [2.05, 4.69) is 15.5 Å². The topological polar surface area (TPSA) is 80.9 Å². The smallest absolute Gasteiger partial charge is 0.335 e. The minimum absolute atomic E-state index is 0.271. The molecule has 1 aromatic carbocycles. The van der Waals surface area contributed by atoms with E-state index in [-0.39, 0.29) is 5.56 Å². The third-order valence-corrected chi connectivity index (χ3v) is 2.24. The lowest BCUT2D eigenvalue weighted by atomic mass is 10.1. The van der Waals surface area contributed by atoms with Gasteiger partial charge in [-0.05, 0) is 28.1 Å². The first-order valence-corrected chi connectivity index (χ1v) is 4.70. The average molecular weight is 218 g/mol. The lowest BCUT2D eigenvalue weighted by Crippen LogP contribution is -2.02. The summed E-state index contributed by atoms with van der Waals surface area (Å²) >= 11 is 0. The quantitative estimate of drug-likeness (QED) is 0.811. The van der Waals surface area contributed by atoms with Gasteiger partial charge in [0.25, 0.3) is 0 Å².